The summed E-state index contributed by atoms with van der Waals surface area (Å²) in [6.45, 7) is 12.0. The number of aryl methyl sites for hydroxylation is 2. The first-order valence-corrected chi connectivity index (χ1v) is 6.84. The van der Waals surface area contributed by atoms with Gasteiger partial charge in [-0.2, -0.15) is 0 Å². The van der Waals surface area contributed by atoms with E-state index in [1.54, 1.807) is 0 Å². The van der Waals surface area contributed by atoms with Crippen LogP contribution in [0.15, 0.2) is 11.6 Å². The fraction of sp³-hybridized carbons (Fsp3) is 0.571. The number of rotatable bonds is 5. The molecule has 90 valence electrons. The van der Waals surface area contributed by atoms with Crippen LogP contribution in [0.5, 0.6) is 0 Å². The van der Waals surface area contributed by atoms with E-state index in [0.717, 1.165) is 13.0 Å². The molecule has 0 aliphatic rings. The van der Waals surface area contributed by atoms with E-state index in [9.17, 15) is 0 Å². The molecule has 1 rings (SSSR count). The molecule has 0 aromatic carbocycles. The molecule has 16 heavy (non-hydrogen) atoms. The summed E-state index contributed by atoms with van der Waals surface area (Å²) in [5, 5.41) is 3.48. The highest BCUT2D eigenvalue weighted by molar-refractivity contribution is 7.12. The monoisotopic (exact) mass is 237 g/mol. The molecule has 0 bridgehead atoms. The standard InChI is InChI=1S/C14H23NS/c1-6-13(9-15-10(2)3)8-14-7-11(4)16-12(14)5/h7-8,10,15H,6,9H2,1-5H3. The van der Waals surface area contributed by atoms with Crippen LogP contribution in [0.3, 0.4) is 0 Å². The molecule has 0 saturated heterocycles. The maximum absolute atomic E-state index is 3.48. The topological polar surface area (TPSA) is 12.0 Å². The lowest BCUT2D eigenvalue weighted by atomic mass is 10.1. The molecule has 0 radical (unpaired) electrons. The highest BCUT2D eigenvalue weighted by atomic mass is 32.1. The highest BCUT2D eigenvalue weighted by Crippen LogP contribution is 2.23. The van der Waals surface area contributed by atoms with Crippen LogP contribution in [-0.4, -0.2) is 12.6 Å². The molecule has 1 N–H and O–H groups in total. The van der Waals surface area contributed by atoms with Crippen LogP contribution >= 0.6 is 11.3 Å². The van der Waals surface area contributed by atoms with Crippen molar-refractivity contribution >= 4 is 17.4 Å². The molecule has 0 spiro atoms. The van der Waals surface area contributed by atoms with Gasteiger partial charge in [-0.1, -0.05) is 32.4 Å². The zero-order chi connectivity index (χ0) is 12.1. The zero-order valence-electron chi connectivity index (χ0n) is 11.1. The van der Waals surface area contributed by atoms with Gasteiger partial charge in [0.25, 0.3) is 0 Å². The van der Waals surface area contributed by atoms with Crippen molar-refractivity contribution < 1.29 is 0 Å². The van der Waals surface area contributed by atoms with Crippen molar-refractivity contribution in [3.05, 3.63) is 27.0 Å². The van der Waals surface area contributed by atoms with Crippen LogP contribution in [0.25, 0.3) is 6.08 Å². The molecule has 0 aliphatic carbocycles. The number of hydrogen-bond donors (Lipinski definition) is 1. The van der Waals surface area contributed by atoms with Crippen LogP contribution in [0.1, 0.15) is 42.5 Å². The third-order valence-electron chi connectivity index (χ3n) is 2.63. The summed E-state index contributed by atoms with van der Waals surface area (Å²) in [6, 6.07) is 2.84. The minimum absolute atomic E-state index is 0.556. The Bertz CT molecular complexity index is 361. The summed E-state index contributed by atoms with van der Waals surface area (Å²) in [6.07, 6.45) is 3.46. The fourth-order valence-corrected chi connectivity index (χ4v) is 2.53. The van der Waals surface area contributed by atoms with Crippen molar-refractivity contribution in [1.29, 1.82) is 0 Å². The predicted octanol–water partition coefficient (Wildman–Crippen LogP) is 4.16. The van der Waals surface area contributed by atoms with Gasteiger partial charge in [0.05, 0.1) is 0 Å². The van der Waals surface area contributed by atoms with Crippen LogP contribution < -0.4 is 5.32 Å². The summed E-state index contributed by atoms with van der Waals surface area (Å²) in [4.78, 5) is 2.82. The van der Waals surface area contributed by atoms with E-state index in [4.69, 9.17) is 0 Å². The molecule has 1 heterocycles. The molecule has 1 nitrogen and oxygen atoms in total. The Morgan fingerprint density at radius 1 is 1.44 bits per heavy atom. The van der Waals surface area contributed by atoms with Gasteiger partial charge in [-0.25, -0.2) is 0 Å². The summed E-state index contributed by atoms with van der Waals surface area (Å²) >= 11 is 1.88. The lowest BCUT2D eigenvalue weighted by molar-refractivity contribution is 0.617. The van der Waals surface area contributed by atoms with Gasteiger partial charge in [-0.05, 0) is 31.9 Å². The fourth-order valence-electron chi connectivity index (χ4n) is 1.63. The lowest BCUT2D eigenvalue weighted by Gasteiger charge is -2.10. The Labute approximate surface area is 104 Å². The second kappa shape index (κ2) is 6.21. The van der Waals surface area contributed by atoms with E-state index >= 15 is 0 Å². The van der Waals surface area contributed by atoms with Gasteiger partial charge in [0.15, 0.2) is 0 Å². The van der Waals surface area contributed by atoms with E-state index < -0.39 is 0 Å². The third kappa shape index (κ3) is 4.11. The Morgan fingerprint density at radius 2 is 2.12 bits per heavy atom. The van der Waals surface area contributed by atoms with Crippen molar-refractivity contribution in [1.82, 2.24) is 5.32 Å². The molecule has 0 atom stereocenters. The summed E-state index contributed by atoms with van der Waals surface area (Å²) in [5.74, 6) is 0. The maximum atomic E-state index is 3.48. The summed E-state index contributed by atoms with van der Waals surface area (Å²) in [7, 11) is 0. The second-order valence-corrected chi connectivity index (χ2v) is 6.02. The molecule has 0 unspecified atom stereocenters. The Balaban J connectivity index is 2.75. The first-order chi connectivity index (χ1) is 7.52. The molecule has 0 saturated carbocycles. The minimum Gasteiger partial charge on any atom is -0.311 e. The predicted molar refractivity (Wildman–Crippen MR) is 75.2 cm³/mol. The molecule has 2 heteroatoms. The first kappa shape index (κ1) is 13.5. The van der Waals surface area contributed by atoms with Gasteiger partial charge in [0.1, 0.15) is 0 Å². The van der Waals surface area contributed by atoms with E-state index in [0.29, 0.717) is 6.04 Å². The smallest absolute Gasteiger partial charge is 0.0170 e. The molecule has 0 aliphatic heterocycles. The average molecular weight is 237 g/mol. The van der Waals surface area contributed by atoms with E-state index in [2.05, 4.69) is 52.1 Å². The van der Waals surface area contributed by atoms with Gasteiger partial charge in [-0.15, -0.1) is 11.3 Å². The van der Waals surface area contributed by atoms with E-state index in [1.165, 1.54) is 20.9 Å². The molecular weight excluding hydrogens is 214 g/mol. The van der Waals surface area contributed by atoms with Crippen molar-refractivity contribution in [2.24, 2.45) is 0 Å². The summed E-state index contributed by atoms with van der Waals surface area (Å²) in [5.41, 5.74) is 2.87. The van der Waals surface area contributed by atoms with Crippen LogP contribution in [0, 0.1) is 13.8 Å². The van der Waals surface area contributed by atoms with Crippen LogP contribution in [0.2, 0.25) is 0 Å². The zero-order valence-corrected chi connectivity index (χ0v) is 11.9. The molecule has 1 aromatic rings. The third-order valence-corrected chi connectivity index (χ3v) is 3.61. The normalized spacial score (nSPS) is 12.5. The quantitative estimate of drug-likeness (QED) is 0.811. The summed E-state index contributed by atoms with van der Waals surface area (Å²) < 4.78 is 0. The van der Waals surface area contributed by atoms with Crippen molar-refractivity contribution in [3.63, 3.8) is 0 Å². The molecular formula is C14H23NS. The largest absolute Gasteiger partial charge is 0.311 e. The molecule has 0 amide bonds. The van der Waals surface area contributed by atoms with E-state index in [-0.39, 0.29) is 0 Å². The van der Waals surface area contributed by atoms with E-state index in [1.807, 2.05) is 11.3 Å². The van der Waals surface area contributed by atoms with Gasteiger partial charge in [0.2, 0.25) is 0 Å². The Morgan fingerprint density at radius 3 is 2.56 bits per heavy atom. The SMILES string of the molecule is CCC(=Cc1cc(C)sc1C)CNC(C)C. The number of thiophene rings is 1. The van der Waals surface area contributed by atoms with Gasteiger partial charge < -0.3 is 5.32 Å². The Hall–Kier alpha value is -0.600. The number of hydrogen-bond acceptors (Lipinski definition) is 2. The van der Waals surface area contributed by atoms with Crippen molar-refractivity contribution in [3.8, 4) is 0 Å². The van der Waals surface area contributed by atoms with Crippen molar-refractivity contribution in [2.75, 3.05) is 6.54 Å². The van der Waals surface area contributed by atoms with Gasteiger partial charge >= 0.3 is 0 Å². The average Bonchev–Trinajstić information content (AvgIpc) is 2.51. The number of nitrogens with one attached hydrogen (secondary N) is 1. The minimum atomic E-state index is 0.556. The van der Waals surface area contributed by atoms with Gasteiger partial charge in [-0.3, -0.25) is 0 Å². The van der Waals surface area contributed by atoms with Crippen LogP contribution in [-0.2, 0) is 0 Å². The second-order valence-electron chi connectivity index (χ2n) is 4.56. The first-order valence-electron chi connectivity index (χ1n) is 6.02. The lowest BCUT2D eigenvalue weighted by Crippen LogP contribution is -2.24. The van der Waals surface area contributed by atoms with Crippen LogP contribution in [0.4, 0.5) is 0 Å². The molecule has 0 fully saturated rings. The molecule has 1 aromatic heterocycles. The van der Waals surface area contributed by atoms with Crippen molar-refractivity contribution in [2.45, 2.75) is 47.1 Å². The van der Waals surface area contributed by atoms with Gasteiger partial charge in [0, 0.05) is 22.3 Å². The highest BCUT2D eigenvalue weighted by Gasteiger charge is 2.02. The maximum Gasteiger partial charge on any atom is 0.0170 e. The Kier molecular flexibility index (Phi) is 5.23.